The first-order valence-corrected chi connectivity index (χ1v) is 3.90. The van der Waals surface area contributed by atoms with Crippen LogP contribution in [0.25, 0.3) is 10.8 Å². The zero-order valence-electron chi connectivity index (χ0n) is 6.97. The van der Waals surface area contributed by atoms with E-state index in [2.05, 4.69) is 11.1 Å². The van der Waals surface area contributed by atoms with E-state index in [4.69, 9.17) is 0 Å². The molecule has 1 aromatic heterocycles. The normalized spacial score (nSPS) is 11.9. The maximum absolute atomic E-state index is 12.2. The molecule has 0 aliphatic heterocycles. The number of benzene rings is 1. The van der Waals surface area contributed by atoms with Crippen LogP contribution in [0.3, 0.4) is 0 Å². The molecule has 4 heteroatoms. The molecule has 0 bridgehead atoms. The van der Waals surface area contributed by atoms with Crippen molar-refractivity contribution in [2.75, 3.05) is 0 Å². The van der Waals surface area contributed by atoms with Crippen LogP contribution in [0.5, 0.6) is 0 Å². The van der Waals surface area contributed by atoms with Crippen molar-refractivity contribution >= 4 is 10.8 Å². The summed E-state index contributed by atoms with van der Waals surface area (Å²) in [5.41, 5.74) is -0.865. The number of hydrogen-bond donors (Lipinski definition) is 0. The zero-order valence-corrected chi connectivity index (χ0v) is 6.97. The maximum Gasteiger partial charge on any atom is 0.433 e. The van der Waals surface area contributed by atoms with E-state index in [1.54, 1.807) is 18.2 Å². The number of fused-ring (bicyclic) bond motifs is 1. The highest BCUT2D eigenvalue weighted by molar-refractivity contribution is 5.81. The Balaban J connectivity index is 2.63. The fourth-order valence-corrected chi connectivity index (χ4v) is 1.18. The van der Waals surface area contributed by atoms with Crippen molar-refractivity contribution in [1.29, 1.82) is 0 Å². The quantitative estimate of drug-likeness (QED) is 0.631. The standard InChI is InChI=1S/C10H5F3N/c11-10(12,13)9-5-7-3-1-2-4-8(7)6-14-9/h1,3-6H. The molecular weight excluding hydrogens is 191 g/mol. The largest absolute Gasteiger partial charge is 0.433 e. The minimum absolute atomic E-state index is 0.520. The van der Waals surface area contributed by atoms with Gasteiger partial charge in [-0.3, -0.25) is 4.98 Å². The van der Waals surface area contributed by atoms with E-state index in [1.165, 1.54) is 6.20 Å². The summed E-state index contributed by atoms with van der Waals surface area (Å²) in [6.45, 7) is 0. The number of halogens is 3. The molecule has 0 fully saturated rings. The van der Waals surface area contributed by atoms with Crippen LogP contribution >= 0.6 is 0 Å². The summed E-state index contributed by atoms with van der Waals surface area (Å²) in [5, 5.41) is 1.17. The topological polar surface area (TPSA) is 12.9 Å². The van der Waals surface area contributed by atoms with Gasteiger partial charge in [-0.1, -0.05) is 12.1 Å². The molecule has 2 rings (SSSR count). The minimum atomic E-state index is -4.38. The number of pyridine rings is 1. The molecule has 0 spiro atoms. The van der Waals surface area contributed by atoms with Gasteiger partial charge >= 0.3 is 6.18 Å². The van der Waals surface area contributed by atoms with Crippen molar-refractivity contribution in [2.24, 2.45) is 0 Å². The fraction of sp³-hybridized carbons (Fsp3) is 0.100. The van der Waals surface area contributed by atoms with E-state index in [0.29, 0.717) is 10.8 Å². The van der Waals surface area contributed by atoms with Crippen molar-refractivity contribution in [3.05, 3.63) is 42.2 Å². The molecule has 1 radical (unpaired) electrons. The van der Waals surface area contributed by atoms with E-state index in [0.717, 1.165) is 6.07 Å². The van der Waals surface area contributed by atoms with Crippen LogP contribution in [-0.2, 0) is 6.18 Å². The fourth-order valence-electron chi connectivity index (χ4n) is 1.18. The molecular formula is C10H5F3N. The molecule has 71 valence electrons. The Kier molecular flexibility index (Phi) is 1.91. The number of alkyl halides is 3. The van der Waals surface area contributed by atoms with Gasteiger partial charge in [-0.25, -0.2) is 0 Å². The summed E-state index contributed by atoms with van der Waals surface area (Å²) in [6, 6.07) is 8.55. The van der Waals surface area contributed by atoms with Crippen molar-refractivity contribution in [3.8, 4) is 0 Å². The Morgan fingerprint density at radius 3 is 2.71 bits per heavy atom. The molecule has 0 saturated carbocycles. The maximum atomic E-state index is 12.2. The lowest BCUT2D eigenvalue weighted by molar-refractivity contribution is -0.141. The van der Waals surface area contributed by atoms with Gasteiger partial charge in [0.2, 0.25) is 0 Å². The lowest BCUT2D eigenvalue weighted by atomic mass is 10.1. The Labute approximate surface area is 78.2 Å². The summed E-state index contributed by atoms with van der Waals surface area (Å²) in [5.74, 6) is 0. The van der Waals surface area contributed by atoms with Gasteiger partial charge in [0.05, 0.1) is 0 Å². The van der Waals surface area contributed by atoms with Crippen LogP contribution < -0.4 is 0 Å². The van der Waals surface area contributed by atoms with Gasteiger partial charge in [0, 0.05) is 11.6 Å². The second-order valence-electron chi connectivity index (χ2n) is 2.84. The van der Waals surface area contributed by atoms with Crippen LogP contribution in [0, 0.1) is 6.07 Å². The highest BCUT2D eigenvalue weighted by atomic mass is 19.4. The first kappa shape index (κ1) is 8.99. The van der Waals surface area contributed by atoms with Gasteiger partial charge in [0.1, 0.15) is 5.69 Å². The smallest absolute Gasteiger partial charge is 0.251 e. The molecule has 1 nitrogen and oxygen atoms in total. The van der Waals surface area contributed by atoms with Gasteiger partial charge in [-0.05, 0) is 23.6 Å². The summed E-state index contributed by atoms with van der Waals surface area (Å²) >= 11 is 0. The predicted octanol–water partition coefficient (Wildman–Crippen LogP) is 3.05. The monoisotopic (exact) mass is 196 g/mol. The van der Waals surface area contributed by atoms with E-state index >= 15 is 0 Å². The molecule has 1 heterocycles. The Bertz CT molecular complexity index is 462. The first-order valence-electron chi connectivity index (χ1n) is 3.90. The van der Waals surface area contributed by atoms with Crippen molar-refractivity contribution in [1.82, 2.24) is 4.98 Å². The summed E-state index contributed by atoms with van der Waals surface area (Å²) in [7, 11) is 0. The molecule has 0 amide bonds. The van der Waals surface area contributed by atoms with Gasteiger partial charge in [0.15, 0.2) is 0 Å². The lowest BCUT2D eigenvalue weighted by Gasteiger charge is -2.05. The molecule has 0 N–H and O–H groups in total. The van der Waals surface area contributed by atoms with E-state index in [-0.39, 0.29) is 0 Å². The molecule has 0 aliphatic carbocycles. The van der Waals surface area contributed by atoms with Gasteiger partial charge in [-0.15, -0.1) is 0 Å². The van der Waals surface area contributed by atoms with Gasteiger partial charge < -0.3 is 0 Å². The second kappa shape index (κ2) is 2.97. The van der Waals surface area contributed by atoms with Gasteiger partial charge in [-0.2, -0.15) is 13.2 Å². The van der Waals surface area contributed by atoms with E-state index in [1.807, 2.05) is 0 Å². The molecule has 14 heavy (non-hydrogen) atoms. The lowest BCUT2D eigenvalue weighted by Crippen LogP contribution is -2.07. The van der Waals surface area contributed by atoms with Crippen LogP contribution in [0.15, 0.2) is 30.5 Å². The average Bonchev–Trinajstić information content (AvgIpc) is 2.16. The third-order valence-corrected chi connectivity index (χ3v) is 1.86. The summed E-state index contributed by atoms with van der Waals surface area (Å²) in [6.07, 6.45) is -3.18. The van der Waals surface area contributed by atoms with Crippen LogP contribution in [0.1, 0.15) is 5.69 Å². The Hall–Kier alpha value is -1.58. The number of hydrogen-bond acceptors (Lipinski definition) is 1. The molecule has 0 unspecified atom stereocenters. The minimum Gasteiger partial charge on any atom is -0.251 e. The van der Waals surface area contributed by atoms with Crippen LogP contribution in [0.2, 0.25) is 0 Å². The van der Waals surface area contributed by atoms with Crippen molar-refractivity contribution in [3.63, 3.8) is 0 Å². The third-order valence-electron chi connectivity index (χ3n) is 1.86. The highest BCUT2D eigenvalue weighted by Crippen LogP contribution is 2.29. The number of aromatic nitrogens is 1. The summed E-state index contributed by atoms with van der Waals surface area (Å²) in [4.78, 5) is 3.33. The Morgan fingerprint density at radius 1 is 1.21 bits per heavy atom. The van der Waals surface area contributed by atoms with E-state index in [9.17, 15) is 13.2 Å². The van der Waals surface area contributed by atoms with Crippen molar-refractivity contribution < 1.29 is 13.2 Å². The molecule has 1 aromatic carbocycles. The zero-order chi connectivity index (χ0) is 10.2. The number of nitrogens with zero attached hydrogens (tertiary/aromatic N) is 1. The van der Waals surface area contributed by atoms with Gasteiger partial charge in [0.25, 0.3) is 0 Å². The highest BCUT2D eigenvalue weighted by Gasteiger charge is 2.32. The summed E-state index contributed by atoms with van der Waals surface area (Å²) < 4.78 is 36.7. The third kappa shape index (κ3) is 1.55. The first-order chi connectivity index (χ1) is 6.57. The molecule has 0 saturated heterocycles. The molecule has 0 atom stereocenters. The SMILES string of the molecule is FC(F)(F)c1cc2cc[c]cc2cn1. The number of rotatable bonds is 0. The molecule has 2 aromatic rings. The predicted molar refractivity (Wildman–Crippen MR) is 45.6 cm³/mol. The van der Waals surface area contributed by atoms with Crippen LogP contribution in [-0.4, -0.2) is 4.98 Å². The molecule has 0 aliphatic rings. The average molecular weight is 196 g/mol. The van der Waals surface area contributed by atoms with E-state index < -0.39 is 11.9 Å². The van der Waals surface area contributed by atoms with Crippen molar-refractivity contribution in [2.45, 2.75) is 6.18 Å². The van der Waals surface area contributed by atoms with Crippen LogP contribution in [0.4, 0.5) is 13.2 Å². The Morgan fingerprint density at radius 2 is 2.00 bits per heavy atom. The second-order valence-corrected chi connectivity index (χ2v) is 2.84.